The van der Waals surface area contributed by atoms with E-state index in [2.05, 4.69) is 10.6 Å². The summed E-state index contributed by atoms with van der Waals surface area (Å²) in [5.74, 6) is -0.157. The molecule has 26 heavy (non-hydrogen) atoms. The van der Waals surface area contributed by atoms with Crippen LogP contribution in [0.1, 0.15) is 39.0 Å². The largest absolute Gasteiger partial charge is 0.481 e. The maximum Gasteiger partial charge on any atom is 0.336 e. The lowest BCUT2D eigenvalue weighted by Gasteiger charge is -2.23. The third-order valence-electron chi connectivity index (χ3n) is 4.45. The fraction of sp³-hybridized carbons (Fsp3) is 0.421. The molecule has 0 saturated heterocycles. The van der Waals surface area contributed by atoms with E-state index in [4.69, 9.17) is 9.15 Å². The van der Waals surface area contributed by atoms with Gasteiger partial charge in [0.15, 0.2) is 6.10 Å². The average Bonchev–Trinajstić information content (AvgIpc) is 2.62. The standard InChI is InChI=1S/C19H22N2O5/c1-12(18(23)21-19(24)20-14-5-3-2-4-6-14)25-15-9-7-13-8-10-17(22)26-16(13)11-15/h7-12,14H,2-6H2,1H3,(H2,20,21,23,24)/t12-/m1/s1. The van der Waals surface area contributed by atoms with Crippen molar-refractivity contribution in [2.45, 2.75) is 51.2 Å². The fourth-order valence-corrected chi connectivity index (χ4v) is 3.05. The topological polar surface area (TPSA) is 97.6 Å². The summed E-state index contributed by atoms with van der Waals surface area (Å²) in [5, 5.41) is 5.88. The molecule has 138 valence electrons. The van der Waals surface area contributed by atoms with Crippen LogP contribution in [0.15, 0.2) is 39.5 Å². The molecule has 1 aliphatic carbocycles. The van der Waals surface area contributed by atoms with Crippen LogP contribution in [0, 0.1) is 0 Å². The number of carbonyl (C=O) groups excluding carboxylic acids is 2. The van der Waals surface area contributed by atoms with Crippen molar-refractivity contribution in [2.24, 2.45) is 0 Å². The van der Waals surface area contributed by atoms with Gasteiger partial charge in [-0.2, -0.15) is 0 Å². The predicted octanol–water partition coefficient (Wildman–Crippen LogP) is 2.72. The van der Waals surface area contributed by atoms with Gasteiger partial charge < -0.3 is 14.5 Å². The molecule has 1 aliphatic rings. The Morgan fingerprint density at radius 3 is 2.65 bits per heavy atom. The van der Waals surface area contributed by atoms with Crippen molar-refractivity contribution in [1.29, 1.82) is 0 Å². The van der Waals surface area contributed by atoms with Gasteiger partial charge in [-0.3, -0.25) is 10.1 Å². The van der Waals surface area contributed by atoms with Crippen molar-refractivity contribution in [3.05, 3.63) is 40.8 Å². The fourth-order valence-electron chi connectivity index (χ4n) is 3.05. The van der Waals surface area contributed by atoms with Gasteiger partial charge in [-0.15, -0.1) is 0 Å². The summed E-state index contributed by atoms with van der Waals surface area (Å²) in [5.41, 5.74) is -0.0857. The van der Waals surface area contributed by atoms with E-state index >= 15 is 0 Å². The zero-order chi connectivity index (χ0) is 18.5. The number of rotatable bonds is 4. The van der Waals surface area contributed by atoms with E-state index in [0.29, 0.717) is 11.3 Å². The molecule has 0 radical (unpaired) electrons. The van der Waals surface area contributed by atoms with Gasteiger partial charge in [-0.25, -0.2) is 9.59 Å². The Labute approximate surface area is 150 Å². The minimum Gasteiger partial charge on any atom is -0.481 e. The van der Waals surface area contributed by atoms with Gasteiger partial charge in [0.25, 0.3) is 5.91 Å². The lowest BCUT2D eigenvalue weighted by Crippen LogP contribution is -2.48. The van der Waals surface area contributed by atoms with E-state index in [1.165, 1.54) is 12.5 Å². The first-order valence-electron chi connectivity index (χ1n) is 8.83. The van der Waals surface area contributed by atoms with E-state index in [-0.39, 0.29) is 6.04 Å². The summed E-state index contributed by atoms with van der Waals surface area (Å²) in [6.07, 6.45) is 4.38. The Kier molecular flexibility index (Phi) is 5.55. The van der Waals surface area contributed by atoms with Crippen molar-refractivity contribution < 1.29 is 18.7 Å². The van der Waals surface area contributed by atoms with Crippen LogP contribution < -0.4 is 21.0 Å². The minimum atomic E-state index is -0.875. The zero-order valence-corrected chi connectivity index (χ0v) is 14.6. The van der Waals surface area contributed by atoms with Crippen LogP contribution in [0.5, 0.6) is 5.75 Å². The third kappa shape index (κ3) is 4.62. The molecule has 0 spiro atoms. The highest BCUT2D eigenvalue weighted by molar-refractivity contribution is 5.96. The quantitative estimate of drug-likeness (QED) is 0.819. The maximum absolute atomic E-state index is 12.1. The normalized spacial score (nSPS) is 16.0. The van der Waals surface area contributed by atoms with Crippen LogP contribution in [0.25, 0.3) is 11.0 Å². The second-order valence-electron chi connectivity index (χ2n) is 6.51. The van der Waals surface area contributed by atoms with E-state index in [9.17, 15) is 14.4 Å². The number of imide groups is 1. The van der Waals surface area contributed by atoms with Crippen molar-refractivity contribution in [1.82, 2.24) is 10.6 Å². The summed E-state index contributed by atoms with van der Waals surface area (Å²) < 4.78 is 10.7. The molecular weight excluding hydrogens is 336 g/mol. The molecule has 1 fully saturated rings. The number of benzene rings is 1. The van der Waals surface area contributed by atoms with E-state index < -0.39 is 23.7 Å². The molecule has 1 atom stereocenters. The van der Waals surface area contributed by atoms with Gasteiger partial charge in [-0.05, 0) is 38.0 Å². The number of carbonyl (C=O) groups is 2. The average molecular weight is 358 g/mol. The van der Waals surface area contributed by atoms with Crippen molar-refractivity contribution in [2.75, 3.05) is 0 Å². The van der Waals surface area contributed by atoms with Gasteiger partial charge in [0.1, 0.15) is 11.3 Å². The second-order valence-corrected chi connectivity index (χ2v) is 6.51. The van der Waals surface area contributed by atoms with E-state index in [1.807, 2.05) is 0 Å². The Morgan fingerprint density at radius 2 is 1.88 bits per heavy atom. The molecule has 3 amide bonds. The molecular formula is C19H22N2O5. The Morgan fingerprint density at radius 1 is 1.15 bits per heavy atom. The van der Waals surface area contributed by atoms with Crippen molar-refractivity contribution in [3.8, 4) is 5.75 Å². The summed E-state index contributed by atoms with van der Waals surface area (Å²) in [4.78, 5) is 35.4. The number of urea groups is 1. The maximum atomic E-state index is 12.1. The molecule has 3 rings (SSSR count). The minimum absolute atomic E-state index is 0.121. The number of amides is 3. The number of ether oxygens (including phenoxy) is 1. The molecule has 0 aliphatic heterocycles. The lowest BCUT2D eigenvalue weighted by molar-refractivity contribution is -0.126. The van der Waals surface area contributed by atoms with Gasteiger partial charge >= 0.3 is 11.7 Å². The summed E-state index contributed by atoms with van der Waals surface area (Å²) in [6.45, 7) is 1.55. The molecule has 7 nitrogen and oxygen atoms in total. The number of nitrogens with one attached hydrogen (secondary N) is 2. The third-order valence-corrected chi connectivity index (χ3v) is 4.45. The zero-order valence-electron chi connectivity index (χ0n) is 14.6. The second kappa shape index (κ2) is 8.03. The molecule has 7 heteroatoms. The molecule has 1 saturated carbocycles. The Hall–Kier alpha value is -2.83. The first-order chi connectivity index (χ1) is 12.5. The van der Waals surface area contributed by atoms with Crippen LogP contribution in [0.3, 0.4) is 0 Å². The number of hydrogen-bond acceptors (Lipinski definition) is 5. The van der Waals surface area contributed by atoms with Crippen molar-refractivity contribution in [3.63, 3.8) is 0 Å². The monoisotopic (exact) mass is 358 g/mol. The predicted molar refractivity (Wildman–Crippen MR) is 96.1 cm³/mol. The van der Waals surface area contributed by atoms with Crippen molar-refractivity contribution >= 4 is 22.9 Å². The van der Waals surface area contributed by atoms with Crippen LogP contribution in [-0.4, -0.2) is 24.1 Å². The van der Waals surface area contributed by atoms with Gasteiger partial charge in [0.2, 0.25) is 0 Å². The number of hydrogen-bond donors (Lipinski definition) is 2. The SMILES string of the molecule is C[C@@H](Oc1ccc2ccc(=O)oc2c1)C(=O)NC(=O)NC1CCCCC1. The molecule has 1 aromatic carbocycles. The Bertz CT molecular complexity index is 854. The molecule has 0 unspecified atom stereocenters. The molecule has 1 aromatic heterocycles. The summed E-state index contributed by atoms with van der Waals surface area (Å²) >= 11 is 0. The number of fused-ring (bicyclic) bond motifs is 1. The van der Waals surface area contributed by atoms with E-state index in [1.54, 1.807) is 31.2 Å². The van der Waals surface area contributed by atoms with Gasteiger partial charge in [-0.1, -0.05) is 19.3 Å². The summed E-state index contributed by atoms with van der Waals surface area (Å²) in [7, 11) is 0. The van der Waals surface area contributed by atoms with Crippen LogP contribution in [0.4, 0.5) is 4.79 Å². The van der Waals surface area contributed by atoms with E-state index in [0.717, 1.165) is 31.1 Å². The highest BCUT2D eigenvalue weighted by atomic mass is 16.5. The van der Waals surface area contributed by atoms with Crippen LogP contribution in [0.2, 0.25) is 0 Å². The van der Waals surface area contributed by atoms with Crippen LogP contribution in [-0.2, 0) is 4.79 Å². The van der Waals surface area contributed by atoms with Crippen LogP contribution >= 0.6 is 0 Å². The molecule has 0 bridgehead atoms. The highest BCUT2D eigenvalue weighted by Crippen LogP contribution is 2.20. The van der Waals surface area contributed by atoms with Gasteiger partial charge in [0, 0.05) is 23.6 Å². The smallest absolute Gasteiger partial charge is 0.336 e. The van der Waals surface area contributed by atoms with Gasteiger partial charge in [0.05, 0.1) is 0 Å². The Balaban J connectivity index is 1.56. The first-order valence-corrected chi connectivity index (χ1v) is 8.83. The highest BCUT2D eigenvalue weighted by Gasteiger charge is 2.20. The first kappa shape index (κ1) is 18.0. The molecule has 1 heterocycles. The lowest BCUT2D eigenvalue weighted by atomic mass is 9.96. The molecule has 2 N–H and O–H groups in total. The molecule has 2 aromatic rings. The summed E-state index contributed by atoms with van der Waals surface area (Å²) in [6, 6.07) is 7.56.